The molecule has 2 heterocycles. The van der Waals surface area contributed by atoms with E-state index in [-0.39, 0.29) is 25.1 Å². The lowest BCUT2D eigenvalue weighted by Crippen LogP contribution is -2.83. The number of ether oxygens (including phenoxy) is 2. The highest BCUT2D eigenvalue weighted by molar-refractivity contribution is 7.13. The fourth-order valence-electron chi connectivity index (χ4n) is 3.10. The van der Waals surface area contributed by atoms with Gasteiger partial charge in [0, 0.05) is 29.1 Å². The highest BCUT2D eigenvalue weighted by Crippen LogP contribution is 2.23. The van der Waals surface area contributed by atoms with Gasteiger partial charge in [-0.3, -0.25) is 20.2 Å². The molecule has 2 aromatic carbocycles. The summed E-state index contributed by atoms with van der Waals surface area (Å²) in [4.78, 5) is 32.5. The fraction of sp³-hybridized carbons (Fsp3) is 0.130. The van der Waals surface area contributed by atoms with Crippen molar-refractivity contribution in [2.45, 2.75) is 6.92 Å². The van der Waals surface area contributed by atoms with Crippen molar-refractivity contribution in [1.82, 2.24) is 4.98 Å². The number of benzene rings is 2. The van der Waals surface area contributed by atoms with Crippen molar-refractivity contribution >= 4 is 51.5 Å². The van der Waals surface area contributed by atoms with Crippen LogP contribution < -0.4 is 15.4 Å². The number of amidine groups is 1. The topological polar surface area (TPSA) is 106 Å². The Morgan fingerprint density at radius 3 is 2.45 bits per heavy atom. The number of carbonyl (C=O) groups is 2. The van der Waals surface area contributed by atoms with Gasteiger partial charge in [-0.05, 0) is 48.5 Å². The van der Waals surface area contributed by atoms with Gasteiger partial charge in [0.1, 0.15) is 19.0 Å². The van der Waals surface area contributed by atoms with Gasteiger partial charge in [-0.1, -0.05) is 11.6 Å². The Kier molecular flexibility index (Phi) is 7.13. The average Bonchev–Trinajstić information content (AvgIpc) is 3.48. The molecule has 0 unspecified atom stereocenters. The van der Waals surface area contributed by atoms with E-state index >= 15 is 0 Å². The maximum Gasteiger partial charge on any atom is 0.302 e. The Morgan fingerprint density at radius 2 is 1.79 bits per heavy atom. The van der Waals surface area contributed by atoms with E-state index in [0.717, 1.165) is 11.1 Å². The van der Waals surface area contributed by atoms with Crippen molar-refractivity contribution in [3.8, 4) is 5.75 Å². The van der Waals surface area contributed by atoms with Gasteiger partial charge in [-0.2, -0.15) is 4.99 Å². The number of nitrogens with zero attached hydrogens (tertiary/aromatic N) is 2. The molecule has 0 aliphatic carbocycles. The van der Waals surface area contributed by atoms with Gasteiger partial charge in [0.2, 0.25) is 5.84 Å². The molecule has 0 atom stereocenters. The monoisotopic (exact) mass is 483 g/mol. The second-order valence-corrected chi connectivity index (χ2v) is 8.25. The molecule has 1 amide bonds. The van der Waals surface area contributed by atoms with Crippen molar-refractivity contribution in [3.63, 3.8) is 0 Å². The standard InChI is InChI=1S/C23H19ClN4O4S/c1-14(29)31-11-12-32-18-8-4-16(5-9-18)21-26-19(15-2-6-17(24)7-3-15)20(27-21)22(30)28-23-25-10-13-33-23/h2-10,13H,11-12H2,1H3,(H,26,27)(H,25,28,30)/p+1. The molecule has 1 aromatic heterocycles. The van der Waals surface area contributed by atoms with Crippen molar-refractivity contribution < 1.29 is 24.4 Å². The summed E-state index contributed by atoms with van der Waals surface area (Å²) in [6, 6.07) is 14.6. The number of nitrogens with one attached hydrogen (secondary N) is 1. The molecule has 0 bridgehead atoms. The maximum absolute atomic E-state index is 13.0. The predicted octanol–water partition coefficient (Wildman–Crippen LogP) is 3.07. The van der Waals surface area contributed by atoms with E-state index in [1.807, 2.05) is 29.6 Å². The number of anilines is 1. The minimum atomic E-state index is -0.345. The van der Waals surface area contributed by atoms with E-state index in [1.54, 1.807) is 35.8 Å². The van der Waals surface area contributed by atoms with Gasteiger partial charge in [0.05, 0.1) is 5.56 Å². The quantitative estimate of drug-likeness (QED) is 0.378. The molecule has 3 aromatic rings. The summed E-state index contributed by atoms with van der Waals surface area (Å²) in [7, 11) is 0. The summed E-state index contributed by atoms with van der Waals surface area (Å²) in [6.07, 6.45) is 1.63. The molecular formula is C23H20ClN4O4S+. The maximum atomic E-state index is 13.0. The van der Waals surface area contributed by atoms with Crippen LogP contribution in [0.5, 0.6) is 5.75 Å². The zero-order chi connectivity index (χ0) is 23.2. The number of rotatable bonds is 8. The number of hydrogen-bond acceptors (Lipinski definition) is 7. The number of thiazole rings is 1. The van der Waals surface area contributed by atoms with Gasteiger partial charge in [-0.15, -0.1) is 11.3 Å². The van der Waals surface area contributed by atoms with E-state index in [0.29, 0.717) is 33.1 Å². The summed E-state index contributed by atoms with van der Waals surface area (Å²) in [5, 5.41) is 7.56. The van der Waals surface area contributed by atoms with Crippen molar-refractivity contribution in [2.24, 2.45) is 4.99 Å². The van der Waals surface area contributed by atoms with Crippen LogP contribution in [0.15, 0.2) is 70.8 Å². The molecular weight excluding hydrogens is 464 g/mol. The summed E-state index contributed by atoms with van der Waals surface area (Å²) in [5.41, 5.74) is 2.64. The molecule has 1 aliphatic rings. The van der Waals surface area contributed by atoms with Crippen LogP contribution in [0.25, 0.3) is 5.70 Å². The van der Waals surface area contributed by atoms with Crippen LogP contribution in [-0.2, 0) is 14.3 Å². The largest absolute Gasteiger partial charge is 0.490 e. The number of esters is 1. The van der Waals surface area contributed by atoms with Crippen molar-refractivity contribution in [1.29, 1.82) is 0 Å². The molecule has 168 valence electrons. The van der Waals surface area contributed by atoms with Crippen LogP contribution in [0, 0.1) is 0 Å². The van der Waals surface area contributed by atoms with E-state index in [4.69, 9.17) is 21.1 Å². The molecule has 0 saturated carbocycles. The van der Waals surface area contributed by atoms with Crippen LogP contribution in [-0.4, -0.2) is 35.9 Å². The Hall–Kier alpha value is -3.53. The summed E-state index contributed by atoms with van der Waals surface area (Å²) >= 11 is 7.37. The number of quaternary nitrogens is 1. The number of hydrogen-bond donors (Lipinski definition) is 2. The Labute approximate surface area is 198 Å². The van der Waals surface area contributed by atoms with Crippen molar-refractivity contribution in [2.75, 3.05) is 18.5 Å². The molecule has 0 fully saturated rings. The second-order valence-electron chi connectivity index (χ2n) is 6.91. The number of nitrogens with two attached hydrogens (primary N) is 1. The lowest BCUT2D eigenvalue weighted by molar-refractivity contribution is -0.429. The Bertz CT molecular complexity index is 1210. The van der Waals surface area contributed by atoms with Gasteiger partial charge in [0.15, 0.2) is 16.5 Å². The first-order valence-corrected chi connectivity index (χ1v) is 11.3. The van der Waals surface area contributed by atoms with Crippen LogP contribution in [0.4, 0.5) is 5.13 Å². The molecule has 1 aliphatic heterocycles. The van der Waals surface area contributed by atoms with Crippen LogP contribution in [0.2, 0.25) is 5.02 Å². The number of amides is 1. The second kappa shape index (κ2) is 10.4. The molecule has 10 heteroatoms. The zero-order valence-electron chi connectivity index (χ0n) is 17.6. The van der Waals surface area contributed by atoms with Crippen LogP contribution >= 0.6 is 22.9 Å². The van der Waals surface area contributed by atoms with Gasteiger partial charge in [0.25, 0.3) is 5.91 Å². The minimum absolute atomic E-state index is 0.184. The number of aromatic nitrogens is 1. The predicted molar refractivity (Wildman–Crippen MR) is 126 cm³/mol. The first-order valence-electron chi connectivity index (χ1n) is 10.0. The van der Waals surface area contributed by atoms with E-state index in [2.05, 4.69) is 15.3 Å². The number of carbonyl (C=O) groups excluding carboxylic acids is 2. The Morgan fingerprint density at radius 1 is 1.06 bits per heavy atom. The normalized spacial score (nSPS) is 13.0. The molecule has 8 nitrogen and oxygen atoms in total. The fourth-order valence-corrected chi connectivity index (χ4v) is 3.75. The molecule has 4 rings (SSSR count). The number of halogens is 1. The van der Waals surface area contributed by atoms with Gasteiger partial charge >= 0.3 is 5.97 Å². The van der Waals surface area contributed by atoms with E-state index in [1.165, 1.54) is 18.3 Å². The SMILES string of the molecule is CC(=O)OCCOc1ccc(C2=NC(C(=O)Nc3nccs3)=C(c3ccc(Cl)cc3)[NH2+]2)cc1. The lowest BCUT2D eigenvalue weighted by atomic mass is 10.1. The highest BCUT2D eigenvalue weighted by atomic mass is 35.5. The third kappa shape index (κ3) is 5.83. The molecule has 3 N–H and O–H groups in total. The summed E-state index contributed by atoms with van der Waals surface area (Å²) in [6.45, 7) is 1.80. The zero-order valence-corrected chi connectivity index (χ0v) is 19.2. The third-order valence-electron chi connectivity index (χ3n) is 4.60. The van der Waals surface area contributed by atoms with Gasteiger partial charge < -0.3 is 9.47 Å². The first-order chi connectivity index (χ1) is 16.0. The smallest absolute Gasteiger partial charge is 0.302 e. The molecule has 0 saturated heterocycles. The molecule has 33 heavy (non-hydrogen) atoms. The van der Waals surface area contributed by atoms with E-state index < -0.39 is 0 Å². The summed E-state index contributed by atoms with van der Waals surface area (Å²) < 4.78 is 10.4. The summed E-state index contributed by atoms with van der Waals surface area (Å²) in [5.74, 6) is 0.599. The van der Waals surface area contributed by atoms with Gasteiger partial charge in [-0.25, -0.2) is 4.98 Å². The minimum Gasteiger partial charge on any atom is -0.490 e. The van der Waals surface area contributed by atoms with Crippen LogP contribution in [0.3, 0.4) is 0 Å². The Balaban J connectivity index is 1.53. The highest BCUT2D eigenvalue weighted by Gasteiger charge is 2.30. The van der Waals surface area contributed by atoms with Crippen molar-refractivity contribution in [3.05, 3.63) is 82.0 Å². The van der Waals surface area contributed by atoms with E-state index in [9.17, 15) is 9.59 Å². The molecule has 0 radical (unpaired) electrons. The third-order valence-corrected chi connectivity index (χ3v) is 5.54. The number of aliphatic imine (C=N–C) groups is 1. The lowest BCUT2D eigenvalue weighted by Gasteiger charge is -2.07. The average molecular weight is 484 g/mol. The molecule has 0 spiro atoms. The van der Waals surface area contributed by atoms with Crippen LogP contribution in [0.1, 0.15) is 18.1 Å². The first kappa shape index (κ1) is 22.7.